The molecule has 1 heterocycles. The number of Topliss-reactive ketones (excluding diaryl/α,β-unsaturated/α-hetero) is 1. The van der Waals surface area contributed by atoms with Crippen LogP contribution in [0.5, 0.6) is 0 Å². The number of hydrogen-bond donors (Lipinski definition) is 0. The Bertz CT molecular complexity index is 388. The van der Waals surface area contributed by atoms with Gasteiger partial charge in [-0.25, -0.2) is 0 Å². The second-order valence-corrected chi connectivity index (χ2v) is 7.98. The van der Waals surface area contributed by atoms with Crippen molar-refractivity contribution in [3.05, 3.63) is 0 Å². The number of nitrogens with zero attached hydrogens (tertiary/aromatic N) is 1. The number of ether oxygens (including phenoxy) is 2. The maximum atomic E-state index is 12.8. The van der Waals surface area contributed by atoms with Crippen molar-refractivity contribution in [3.8, 4) is 0 Å². The smallest absolute Gasteiger partial charge is 0.139 e. The second kappa shape index (κ2) is 9.30. The maximum Gasteiger partial charge on any atom is 0.139 e. The van der Waals surface area contributed by atoms with Gasteiger partial charge in [0.25, 0.3) is 0 Å². The van der Waals surface area contributed by atoms with E-state index in [-0.39, 0.29) is 18.1 Å². The number of carbonyl (C=O) groups is 1. The fourth-order valence-electron chi connectivity index (χ4n) is 4.86. The topological polar surface area (TPSA) is 38.8 Å². The van der Waals surface area contributed by atoms with Crippen LogP contribution in [0.3, 0.4) is 0 Å². The zero-order chi connectivity index (χ0) is 16.8. The molecule has 0 spiro atoms. The maximum absolute atomic E-state index is 12.8. The average Bonchev–Trinajstić information content (AvgIpc) is 3.15. The molecule has 138 valence electrons. The molecule has 3 rings (SSSR count). The summed E-state index contributed by atoms with van der Waals surface area (Å²) < 4.78 is 11.8. The Morgan fingerprint density at radius 3 is 2.38 bits per heavy atom. The van der Waals surface area contributed by atoms with Crippen molar-refractivity contribution in [1.82, 2.24) is 4.90 Å². The molecule has 3 fully saturated rings. The number of carbonyl (C=O) groups excluding carboxylic acids is 1. The quantitative estimate of drug-likeness (QED) is 0.713. The largest absolute Gasteiger partial charge is 0.379 e. The molecule has 0 aromatic carbocycles. The summed E-state index contributed by atoms with van der Waals surface area (Å²) in [5, 5.41) is 0. The first-order chi connectivity index (χ1) is 11.8. The summed E-state index contributed by atoms with van der Waals surface area (Å²) in [4.78, 5) is 15.3. The molecule has 3 aliphatic rings. The van der Waals surface area contributed by atoms with E-state index in [1.54, 1.807) is 7.11 Å². The first kappa shape index (κ1) is 18.3. The van der Waals surface area contributed by atoms with Crippen LogP contribution in [0, 0.1) is 11.8 Å². The normalized spacial score (nSPS) is 33.0. The standard InChI is InChI=1S/C20H35NO3/c1-23-19-15-17(20(22)16-7-3-2-4-8-16)9-10-18(19)24-14-13-21-11-5-6-12-21/h16-19H,2-15H2,1H3. The van der Waals surface area contributed by atoms with Gasteiger partial charge in [0.1, 0.15) is 5.78 Å². The lowest BCUT2D eigenvalue weighted by atomic mass is 9.75. The number of rotatable bonds is 7. The molecule has 4 nitrogen and oxygen atoms in total. The van der Waals surface area contributed by atoms with E-state index >= 15 is 0 Å². The lowest BCUT2D eigenvalue weighted by Crippen LogP contribution is -2.42. The van der Waals surface area contributed by atoms with Crippen molar-refractivity contribution < 1.29 is 14.3 Å². The Morgan fingerprint density at radius 1 is 0.917 bits per heavy atom. The Hall–Kier alpha value is -0.450. The van der Waals surface area contributed by atoms with Crippen LogP contribution in [0.25, 0.3) is 0 Å². The third kappa shape index (κ3) is 4.80. The molecule has 0 bridgehead atoms. The second-order valence-electron chi connectivity index (χ2n) is 7.98. The molecule has 3 atom stereocenters. The van der Waals surface area contributed by atoms with Crippen LogP contribution in [0.2, 0.25) is 0 Å². The third-order valence-electron chi connectivity index (χ3n) is 6.38. The van der Waals surface area contributed by atoms with Crippen LogP contribution < -0.4 is 0 Å². The highest BCUT2D eigenvalue weighted by molar-refractivity contribution is 5.83. The fourth-order valence-corrected chi connectivity index (χ4v) is 4.86. The Morgan fingerprint density at radius 2 is 1.67 bits per heavy atom. The molecule has 0 aromatic heterocycles. The van der Waals surface area contributed by atoms with Crippen molar-refractivity contribution in [2.45, 2.75) is 76.4 Å². The van der Waals surface area contributed by atoms with Crippen molar-refractivity contribution in [1.29, 1.82) is 0 Å². The van der Waals surface area contributed by atoms with Crippen molar-refractivity contribution in [2.75, 3.05) is 33.4 Å². The Balaban J connectivity index is 1.43. The van der Waals surface area contributed by atoms with Gasteiger partial charge in [-0.2, -0.15) is 0 Å². The van der Waals surface area contributed by atoms with E-state index in [0.29, 0.717) is 11.7 Å². The molecule has 1 saturated heterocycles. The minimum absolute atomic E-state index is 0.0925. The molecule has 0 radical (unpaired) electrons. The zero-order valence-corrected chi connectivity index (χ0v) is 15.4. The van der Waals surface area contributed by atoms with Gasteiger partial charge in [0.15, 0.2) is 0 Å². The molecule has 24 heavy (non-hydrogen) atoms. The van der Waals surface area contributed by atoms with Crippen LogP contribution in [0.4, 0.5) is 0 Å². The van der Waals surface area contributed by atoms with Crippen LogP contribution in [0.15, 0.2) is 0 Å². The first-order valence-electron chi connectivity index (χ1n) is 10.2. The van der Waals surface area contributed by atoms with Crippen LogP contribution in [0.1, 0.15) is 64.2 Å². The molecule has 0 N–H and O–H groups in total. The number of ketones is 1. The molecule has 3 unspecified atom stereocenters. The van der Waals surface area contributed by atoms with E-state index in [9.17, 15) is 4.79 Å². The summed E-state index contributed by atoms with van der Waals surface area (Å²) in [6, 6.07) is 0. The summed E-state index contributed by atoms with van der Waals surface area (Å²) in [6.45, 7) is 4.28. The predicted molar refractivity (Wildman–Crippen MR) is 95.1 cm³/mol. The van der Waals surface area contributed by atoms with Gasteiger partial charge in [-0.15, -0.1) is 0 Å². The fraction of sp³-hybridized carbons (Fsp3) is 0.950. The van der Waals surface area contributed by atoms with E-state index < -0.39 is 0 Å². The van der Waals surface area contributed by atoms with Crippen molar-refractivity contribution in [3.63, 3.8) is 0 Å². The van der Waals surface area contributed by atoms with Crippen LogP contribution >= 0.6 is 0 Å². The SMILES string of the molecule is COC1CC(C(=O)C2CCCCC2)CCC1OCCN1CCCC1. The third-order valence-corrected chi connectivity index (χ3v) is 6.38. The van der Waals surface area contributed by atoms with Gasteiger partial charge < -0.3 is 14.4 Å². The van der Waals surface area contributed by atoms with Crippen LogP contribution in [-0.2, 0) is 14.3 Å². The van der Waals surface area contributed by atoms with Gasteiger partial charge in [0, 0.05) is 25.5 Å². The van der Waals surface area contributed by atoms with Gasteiger partial charge in [0.2, 0.25) is 0 Å². The molecule has 0 aromatic rings. The zero-order valence-electron chi connectivity index (χ0n) is 15.4. The van der Waals surface area contributed by atoms with E-state index in [1.807, 2.05) is 0 Å². The minimum Gasteiger partial charge on any atom is -0.379 e. The predicted octanol–water partition coefficient (Wildman–Crippen LogP) is 3.43. The summed E-state index contributed by atoms with van der Waals surface area (Å²) in [7, 11) is 1.77. The molecule has 2 saturated carbocycles. The lowest BCUT2D eigenvalue weighted by Gasteiger charge is -2.36. The Labute approximate surface area is 147 Å². The Kier molecular flexibility index (Phi) is 7.11. The minimum atomic E-state index is 0.0925. The van der Waals surface area contributed by atoms with Crippen molar-refractivity contribution in [2.24, 2.45) is 11.8 Å². The summed E-state index contributed by atoms with van der Waals surface area (Å²) in [6.07, 6.45) is 11.8. The number of hydrogen-bond acceptors (Lipinski definition) is 4. The van der Waals surface area contributed by atoms with Crippen molar-refractivity contribution >= 4 is 5.78 Å². The average molecular weight is 338 g/mol. The van der Waals surface area contributed by atoms with E-state index in [0.717, 1.165) is 45.3 Å². The van der Waals surface area contributed by atoms with Gasteiger partial charge in [0.05, 0.1) is 18.8 Å². The van der Waals surface area contributed by atoms with Gasteiger partial charge in [-0.05, 0) is 58.0 Å². The summed E-state index contributed by atoms with van der Waals surface area (Å²) in [5.74, 6) is 1.05. The summed E-state index contributed by atoms with van der Waals surface area (Å²) in [5.41, 5.74) is 0. The van der Waals surface area contributed by atoms with Gasteiger partial charge in [-0.3, -0.25) is 4.79 Å². The van der Waals surface area contributed by atoms with E-state index in [1.165, 1.54) is 45.2 Å². The highest BCUT2D eigenvalue weighted by Gasteiger charge is 2.37. The molecular weight excluding hydrogens is 302 g/mol. The molecule has 0 amide bonds. The van der Waals surface area contributed by atoms with E-state index in [2.05, 4.69) is 4.90 Å². The monoisotopic (exact) mass is 337 g/mol. The summed E-state index contributed by atoms with van der Waals surface area (Å²) >= 11 is 0. The van der Waals surface area contributed by atoms with Gasteiger partial charge >= 0.3 is 0 Å². The molecule has 2 aliphatic carbocycles. The molecule has 4 heteroatoms. The molecular formula is C20H35NO3. The van der Waals surface area contributed by atoms with Gasteiger partial charge in [-0.1, -0.05) is 19.3 Å². The molecule has 1 aliphatic heterocycles. The van der Waals surface area contributed by atoms with E-state index in [4.69, 9.17) is 9.47 Å². The highest BCUT2D eigenvalue weighted by Crippen LogP contribution is 2.34. The van der Waals surface area contributed by atoms with Crippen LogP contribution in [-0.4, -0.2) is 56.2 Å². The number of methoxy groups -OCH3 is 1. The highest BCUT2D eigenvalue weighted by atomic mass is 16.5. The first-order valence-corrected chi connectivity index (χ1v) is 10.2. The lowest BCUT2D eigenvalue weighted by molar-refractivity contribution is -0.136. The number of likely N-dealkylation sites (tertiary alicyclic amines) is 1.